The molecule has 0 amide bonds. The molecule has 158 valence electrons. The Morgan fingerprint density at radius 2 is 1.94 bits per heavy atom. The average Bonchev–Trinajstić information content (AvgIpc) is 3.41. The standard InChI is InChI=1S/C22H15N5O4S/c1-13-6-8-15(9-7-13)27-18(21(29)31-26-27)11-23-25-22-24-17(12-32-22)16-10-14-4-2-3-5-19(14)30-20(16)28/h2-12,26H,1H3. The topological polar surface area (TPSA) is 109 Å². The number of aryl methyl sites for hydroxylation is 1. The van der Waals surface area contributed by atoms with Crippen molar-refractivity contribution in [1.29, 1.82) is 0 Å². The van der Waals surface area contributed by atoms with Gasteiger partial charge in [-0.25, -0.2) is 19.6 Å². The third-order valence-corrected chi connectivity index (χ3v) is 5.43. The highest BCUT2D eigenvalue weighted by Crippen LogP contribution is 2.28. The summed E-state index contributed by atoms with van der Waals surface area (Å²) in [6.45, 7) is 1.97. The van der Waals surface area contributed by atoms with Crippen LogP contribution in [-0.4, -0.2) is 11.0 Å². The number of benzene rings is 2. The predicted octanol–water partition coefficient (Wildman–Crippen LogP) is 4.63. The number of thiazole rings is 1. The maximum absolute atomic E-state index is 12.3. The molecular weight excluding hydrogens is 430 g/mol. The van der Waals surface area contributed by atoms with Gasteiger partial charge in [-0.1, -0.05) is 41.5 Å². The molecule has 0 atom stereocenters. The maximum atomic E-state index is 12.3. The molecule has 0 saturated carbocycles. The zero-order valence-electron chi connectivity index (χ0n) is 16.7. The molecule has 9 nitrogen and oxygen atoms in total. The van der Waals surface area contributed by atoms with Gasteiger partial charge in [0.25, 0.3) is 0 Å². The smallest absolute Gasteiger partial charge is 0.378 e. The number of hydrogen-bond acceptors (Lipinski definition) is 10. The largest absolute Gasteiger partial charge is 0.422 e. The molecule has 0 aliphatic carbocycles. The quantitative estimate of drug-likeness (QED) is 0.277. The van der Waals surface area contributed by atoms with E-state index in [2.05, 4.69) is 20.8 Å². The van der Waals surface area contributed by atoms with E-state index < -0.39 is 11.6 Å². The molecule has 2 aromatic heterocycles. The number of carbonyl (C=O) groups is 1. The van der Waals surface area contributed by atoms with Crippen LogP contribution in [0.25, 0.3) is 22.2 Å². The lowest BCUT2D eigenvalue weighted by Crippen LogP contribution is -2.28. The highest BCUT2D eigenvalue weighted by atomic mass is 32.1. The third-order valence-electron chi connectivity index (χ3n) is 4.70. The Hall–Kier alpha value is -4.15. The number of hydrogen-bond donors (Lipinski definition) is 1. The number of aromatic nitrogens is 1. The summed E-state index contributed by atoms with van der Waals surface area (Å²) >= 11 is 1.21. The maximum Gasteiger partial charge on any atom is 0.378 e. The van der Waals surface area contributed by atoms with Gasteiger partial charge in [0, 0.05) is 10.8 Å². The number of hydrazine groups is 1. The molecule has 1 aliphatic heterocycles. The second-order valence-electron chi connectivity index (χ2n) is 6.88. The van der Waals surface area contributed by atoms with Gasteiger partial charge < -0.3 is 9.25 Å². The van der Waals surface area contributed by atoms with Crippen LogP contribution in [0.5, 0.6) is 0 Å². The number of nitrogens with zero attached hydrogens (tertiary/aromatic N) is 4. The van der Waals surface area contributed by atoms with Gasteiger partial charge in [-0.05, 0) is 31.2 Å². The zero-order chi connectivity index (χ0) is 22.1. The first-order valence-electron chi connectivity index (χ1n) is 9.52. The second-order valence-corrected chi connectivity index (χ2v) is 7.72. The fraction of sp³-hybridized carbons (Fsp3) is 0.0455. The predicted molar refractivity (Wildman–Crippen MR) is 119 cm³/mol. The van der Waals surface area contributed by atoms with Gasteiger partial charge in [0.05, 0.1) is 23.1 Å². The van der Waals surface area contributed by atoms with Crippen molar-refractivity contribution in [3.05, 3.63) is 87.9 Å². The Kier molecular flexibility index (Phi) is 5.06. The van der Waals surface area contributed by atoms with Crippen LogP contribution < -0.4 is 16.2 Å². The van der Waals surface area contributed by atoms with Gasteiger partial charge in [0.2, 0.25) is 5.13 Å². The van der Waals surface area contributed by atoms with Gasteiger partial charge in [-0.15, -0.1) is 16.5 Å². The molecule has 3 heterocycles. The molecule has 0 unspecified atom stereocenters. The van der Waals surface area contributed by atoms with E-state index in [4.69, 9.17) is 9.25 Å². The van der Waals surface area contributed by atoms with Crippen LogP contribution in [-0.2, 0) is 9.63 Å². The van der Waals surface area contributed by atoms with E-state index >= 15 is 0 Å². The number of anilines is 1. The van der Waals surface area contributed by atoms with E-state index in [9.17, 15) is 9.59 Å². The summed E-state index contributed by atoms with van der Waals surface area (Å²) in [5, 5.41) is 12.3. The Bertz CT molecular complexity index is 1440. The molecule has 32 heavy (non-hydrogen) atoms. The summed E-state index contributed by atoms with van der Waals surface area (Å²) in [7, 11) is 0. The van der Waals surface area contributed by atoms with Gasteiger partial charge in [-0.3, -0.25) is 0 Å². The van der Waals surface area contributed by atoms with Crippen LogP contribution in [0.15, 0.2) is 91.3 Å². The SMILES string of the molecule is Cc1ccc(N2NOC(=O)C2=CN=Nc2nc(-c3cc4ccccc4oc3=O)cs2)cc1. The molecule has 0 radical (unpaired) electrons. The first-order valence-corrected chi connectivity index (χ1v) is 10.4. The van der Waals surface area contributed by atoms with Crippen LogP contribution in [0, 0.1) is 6.92 Å². The second kappa shape index (κ2) is 8.17. The lowest BCUT2D eigenvalue weighted by Gasteiger charge is -2.14. The Labute approximate surface area is 185 Å². The summed E-state index contributed by atoms with van der Waals surface area (Å²) in [6.07, 6.45) is 1.29. The summed E-state index contributed by atoms with van der Waals surface area (Å²) in [4.78, 5) is 33.6. The van der Waals surface area contributed by atoms with Crippen LogP contribution in [0.3, 0.4) is 0 Å². The minimum atomic E-state index is -0.585. The highest BCUT2D eigenvalue weighted by molar-refractivity contribution is 7.13. The number of fused-ring (bicyclic) bond motifs is 1. The van der Waals surface area contributed by atoms with Gasteiger partial charge in [0.1, 0.15) is 5.58 Å². The average molecular weight is 445 g/mol. The molecule has 1 saturated heterocycles. The summed E-state index contributed by atoms with van der Waals surface area (Å²) in [6, 6.07) is 16.5. The molecule has 4 aromatic rings. The van der Waals surface area contributed by atoms with Gasteiger partial charge >= 0.3 is 11.6 Å². The highest BCUT2D eigenvalue weighted by Gasteiger charge is 2.29. The molecule has 10 heteroatoms. The van der Waals surface area contributed by atoms with Crippen molar-refractivity contribution in [2.45, 2.75) is 6.92 Å². The third kappa shape index (κ3) is 3.80. The van der Waals surface area contributed by atoms with Crippen LogP contribution in [0.2, 0.25) is 0 Å². The molecule has 1 fully saturated rings. The number of rotatable bonds is 4. The number of nitrogens with one attached hydrogen (secondary N) is 1. The first kappa shape index (κ1) is 19.8. The molecule has 1 aliphatic rings. The Balaban J connectivity index is 1.39. The molecule has 1 N–H and O–H groups in total. The van der Waals surface area contributed by atoms with Crippen molar-refractivity contribution >= 4 is 39.1 Å². The number of azo groups is 1. The van der Waals surface area contributed by atoms with Gasteiger partial charge in [-0.2, -0.15) is 5.11 Å². The fourth-order valence-corrected chi connectivity index (χ4v) is 3.73. The monoisotopic (exact) mass is 445 g/mol. The molecular formula is C22H15N5O4S. The van der Waals surface area contributed by atoms with E-state index in [-0.39, 0.29) is 5.70 Å². The molecule has 5 rings (SSSR count). The van der Waals surface area contributed by atoms with E-state index in [1.54, 1.807) is 23.6 Å². The zero-order valence-corrected chi connectivity index (χ0v) is 17.5. The van der Waals surface area contributed by atoms with Crippen molar-refractivity contribution in [3.63, 3.8) is 0 Å². The number of para-hydroxylation sites is 1. The van der Waals surface area contributed by atoms with Crippen LogP contribution in [0.4, 0.5) is 10.8 Å². The van der Waals surface area contributed by atoms with Crippen molar-refractivity contribution in [2.75, 3.05) is 5.01 Å². The summed E-state index contributed by atoms with van der Waals surface area (Å²) in [5.41, 5.74) is 5.33. The van der Waals surface area contributed by atoms with Crippen molar-refractivity contribution in [2.24, 2.45) is 10.2 Å². The summed E-state index contributed by atoms with van der Waals surface area (Å²) in [5.74, 6) is -0.585. The van der Waals surface area contributed by atoms with Crippen LogP contribution in [0.1, 0.15) is 5.56 Å². The normalized spacial score (nSPS) is 15.2. The van der Waals surface area contributed by atoms with Crippen molar-refractivity contribution < 1.29 is 14.0 Å². The van der Waals surface area contributed by atoms with Crippen LogP contribution >= 0.6 is 11.3 Å². The van der Waals surface area contributed by atoms with Crippen molar-refractivity contribution in [3.8, 4) is 11.3 Å². The molecule has 0 bridgehead atoms. The van der Waals surface area contributed by atoms with Gasteiger partial charge in [0.15, 0.2) is 5.70 Å². The molecule has 0 spiro atoms. The lowest BCUT2D eigenvalue weighted by molar-refractivity contribution is -0.140. The lowest BCUT2D eigenvalue weighted by atomic mass is 10.1. The minimum Gasteiger partial charge on any atom is -0.422 e. The minimum absolute atomic E-state index is 0.171. The molecule has 2 aromatic carbocycles. The number of carbonyl (C=O) groups excluding carboxylic acids is 1. The van der Waals surface area contributed by atoms with E-state index in [0.29, 0.717) is 27.7 Å². The summed E-state index contributed by atoms with van der Waals surface area (Å²) < 4.78 is 5.36. The van der Waals surface area contributed by atoms with E-state index in [0.717, 1.165) is 10.9 Å². The fourth-order valence-electron chi connectivity index (χ4n) is 3.08. The Morgan fingerprint density at radius 3 is 2.78 bits per heavy atom. The first-order chi connectivity index (χ1) is 15.6. The van der Waals surface area contributed by atoms with E-state index in [1.165, 1.54) is 22.5 Å². The van der Waals surface area contributed by atoms with E-state index in [1.807, 2.05) is 43.3 Å². The Morgan fingerprint density at radius 1 is 1.12 bits per heavy atom. The van der Waals surface area contributed by atoms with Crippen molar-refractivity contribution in [1.82, 2.24) is 10.6 Å².